The molecule has 1 aliphatic rings. The molecule has 1 heterocycles. The largest absolute Gasteiger partial charge is 0.481 e. The first-order valence-corrected chi connectivity index (χ1v) is 11.5. The molecule has 7 nitrogen and oxygen atoms in total. The zero-order valence-electron chi connectivity index (χ0n) is 16.9. The van der Waals surface area contributed by atoms with Crippen LogP contribution in [0.25, 0.3) is 0 Å². The zero-order chi connectivity index (χ0) is 21.7. The van der Waals surface area contributed by atoms with Gasteiger partial charge in [0.25, 0.3) is 5.91 Å². The fourth-order valence-corrected chi connectivity index (χ4v) is 5.00. The summed E-state index contributed by atoms with van der Waals surface area (Å²) in [6.07, 6.45) is -0.757. The van der Waals surface area contributed by atoms with Crippen molar-refractivity contribution in [1.29, 1.82) is 0 Å². The second kappa shape index (κ2) is 9.78. The Hall–Kier alpha value is -2.13. The van der Waals surface area contributed by atoms with Crippen molar-refractivity contribution in [3.05, 3.63) is 58.6 Å². The van der Waals surface area contributed by atoms with Crippen LogP contribution >= 0.6 is 11.6 Å². The van der Waals surface area contributed by atoms with Crippen LogP contribution in [0.3, 0.4) is 0 Å². The molecule has 3 rings (SSSR count). The van der Waals surface area contributed by atoms with Crippen LogP contribution in [0.2, 0.25) is 5.02 Å². The molecule has 0 unspecified atom stereocenters. The summed E-state index contributed by atoms with van der Waals surface area (Å²) in [4.78, 5) is 12.7. The average Bonchev–Trinajstić information content (AvgIpc) is 2.74. The van der Waals surface area contributed by atoms with Gasteiger partial charge in [-0.1, -0.05) is 29.8 Å². The van der Waals surface area contributed by atoms with Gasteiger partial charge in [0, 0.05) is 24.7 Å². The number of amides is 1. The predicted octanol–water partition coefficient (Wildman–Crippen LogP) is 2.75. The maximum Gasteiger partial charge on any atom is 0.261 e. The molecule has 0 aliphatic carbocycles. The lowest BCUT2D eigenvalue weighted by Crippen LogP contribution is -2.41. The maximum atomic E-state index is 13.0. The summed E-state index contributed by atoms with van der Waals surface area (Å²) in [5.41, 5.74) is 1.34. The molecular formula is C21H25ClN2O5S. The normalized spacial score (nSPS) is 16.1. The van der Waals surface area contributed by atoms with Crippen molar-refractivity contribution in [2.45, 2.75) is 31.4 Å². The standard InChI is InChI=1S/C21H25ClN2O5S/c1-15-13-18(22)7-8-19(15)29-16(2)21(25)23-14-17-5-3-4-6-20(17)30(26,27)24-9-11-28-12-10-24/h3-8,13,16H,9-12,14H2,1-2H3,(H,23,25)/t16-/m1/s1. The van der Waals surface area contributed by atoms with Crippen molar-refractivity contribution >= 4 is 27.5 Å². The Bertz CT molecular complexity index is 1010. The molecule has 1 N–H and O–H groups in total. The smallest absolute Gasteiger partial charge is 0.261 e. The molecule has 162 valence electrons. The minimum absolute atomic E-state index is 0.0753. The Morgan fingerprint density at radius 1 is 1.23 bits per heavy atom. The minimum Gasteiger partial charge on any atom is -0.481 e. The molecule has 0 bridgehead atoms. The lowest BCUT2D eigenvalue weighted by Gasteiger charge is -2.27. The highest BCUT2D eigenvalue weighted by atomic mass is 35.5. The van der Waals surface area contributed by atoms with Crippen LogP contribution in [0, 0.1) is 6.92 Å². The van der Waals surface area contributed by atoms with Gasteiger partial charge in [-0.25, -0.2) is 8.42 Å². The van der Waals surface area contributed by atoms with Gasteiger partial charge in [-0.15, -0.1) is 0 Å². The first-order chi connectivity index (χ1) is 14.3. The summed E-state index contributed by atoms with van der Waals surface area (Å²) < 4.78 is 38.4. The van der Waals surface area contributed by atoms with Crippen LogP contribution in [0.4, 0.5) is 0 Å². The number of rotatable bonds is 7. The van der Waals surface area contributed by atoms with E-state index in [9.17, 15) is 13.2 Å². The summed E-state index contributed by atoms with van der Waals surface area (Å²) >= 11 is 5.95. The topological polar surface area (TPSA) is 84.9 Å². The Balaban J connectivity index is 1.67. The fourth-order valence-electron chi connectivity index (χ4n) is 3.14. The van der Waals surface area contributed by atoms with Crippen LogP contribution in [0.15, 0.2) is 47.4 Å². The van der Waals surface area contributed by atoms with Crippen molar-refractivity contribution in [3.63, 3.8) is 0 Å². The van der Waals surface area contributed by atoms with Crippen molar-refractivity contribution in [2.24, 2.45) is 0 Å². The van der Waals surface area contributed by atoms with Gasteiger partial charge in [-0.05, 0) is 49.2 Å². The Kier molecular flexibility index (Phi) is 7.36. The van der Waals surface area contributed by atoms with Crippen molar-refractivity contribution in [3.8, 4) is 5.75 Å². The lowest BCUT2D eigenvalue weighted by molar-refractivity contribution is -0.127. The lowest BCUT2D eigenvalue weighted by atomic mass is 10.2. The summed E-state index contributed by atoms with van der Waals surface area (Å²) in [6, 6.07) is 11.8. The average molecular weight is 453 g/mol. The Morgan fingerprint density at radius 2 is 1.93 bits per heavy atom. The van der Waals surface area contributed by atoms with Crippen molar-refractivity contribution < 1.29 is 22.7 Å². The van der Waals surface area contributed by atoms with E-state index >= 15 is 0 Å². The SMILES string of the molecule is Cc1cc(Cl)ccc1O[C@H](C)C(=O)NCc1ccccc1S(=O)(=O)N1CCOCC1. The zero-order valence-corrected chi connectivity index (χ0v) is 18.5. The van der Waals surface area contributed by atoms with Crippen LogP contribution < -0.4 is 10.1 Å². The predicted molar refractivity (Wildman–Crippen MR) is 114 cm³/mol. The number of hydrogen-bond donors (Lipinski definition) is 1. The maximum absolute atomic E-state index is 13.0. The van der Waals surface area contributed by atoms with Crippen LogP contribution in [0.5, 0.6) is 5.75 Å². The Labute approximate surface area is 182 Å². The summed E-state index contributed by atoms with van der Waals surface area (Å²) in [6.45, 7) is 4.93. The van der Waals surface area contributed by atoms with E-state index in [0.717, 1.165) is 5.56 Å². The molecule has 2 aromatic rings. The van der Waals surface area contributed by atoms with E-state index in [1.807, 2.05) is 6.92 Å². The summed E-state index contributed by atoms with van der Waals surface area (Å²) in [5, 5.41) is 3.36. The monoisotopic (exact) mass is 452 g/mol. The number of carbonyl (C=O) groups is 1. The van der Waals surface area contributed by atoms with Crippen molar-refractivity contribution in [1.82, 2.24) is 9.62 Å². The number of nitrogens with zero attached hydrogens (tertiary/aromatic N) is 1. The van der Waals surface area contributed by atoms with Gasteiger partial charge in [0.05, 0.1) is 18.1 Å². The molecule has 1 fully saturated rings. The molecule has 1 atom stereocenters. The molecule has 0 radical (unpaired) electrons. The first-order valence-electron chi connectivity index (χ1n) is 9.65. The van der Waals surface area contributed by atoms with E-state index in [4.69, 9.17) is 21.1 Å². The highest BCUT2D eigenvalue weighted by molar-refractivity contribution is 7.89. The highest BCUT2D eigenvalue weighted by Gasteiger charge is 2.28. The second-order valence-corrected chi connectivity index (χ2v) is 9.35. The summed E-state index contributed by atoms with van der Waals surface area (Å²) in [5.74, 6) is 0.222. The second-order valence-electron chi connectivity index (χ2n) is 7.01. The number of benzene rings is 2. The van der Waals surface area contributed by atoms with Gasteiger partial charge in [-0.2, -0.15) is 4.31 Å². The van der Waals surface area contributed by atoms with E-state index in [2.05, 4.69) is 5.32 Å². The number of sulfonamides is 1. The number of carbonyl (C=O) groups excluding carboxylic acids is 1. The van der Waals surface area contributed by atoms with Gasteiger partial charge >= 0.3 is 0 Å². The van der Waals surface area contributed by atoms with E-state index in [-0.39, 0.29) is 17.3 Å². The van der Waals surface area contributed by atoms with Crippen molar-refractivity contribution in [2.75, 3.05) is 26.3 Å². The minimum atomic E-state index is -3.66. The number of halogens is 1. The molecule has 0 spiro atoms. The molecule has 9 heteroatoms. The fraction of sp³-hybridized carbons (Fsp3) is 0.381. The van der Waals surface area contributed by atoms with E-state index in [0.29, 0.717) is 42.6 Å². The van der Waals surface area contributed by atoms with E-state index in [1.54, 1.807) is 49.4 Å². The van der Waals surface area contributed by atoms with Crippen LogP contribution in [-0.2, 0) is 26.1 Å². The number of nitrogens with one attached hydrogen (secondary N) is 1. The third-order valence-corrected chi connectivity index (χ3v) is 7.06. The molecule has 1 saturated heterocycles. The first kappa shape index (κ1) is 22.6. The summed E-state index contributed by atoms with van der Waals surface area (Å²) in [7, 11) is -3.66. The van der Waals surface area contributed by atoms with E-state index in [1.165, 1.54) is 4.31 Å². The Morgan fingerprint density at radius 3 is 2.63 bits per heavy atom. The van der Waals surface area contributed by atoms with Crippen LogP contribution in [-0.4, -0.2) is 51.0 Å². The van der Waals surface area contributed by atoms with Gasteiger partial charge in [0.1, 0.15) is 5.75 Å². The number of aryl methyl sites for hydroxylation is 1. The highest BCUT2D eigenvalue weighted by Crippen LogP contribution is 2.23. The molecule has 30 heavy (non-hydrogen) atoms. The van der Waals surface area contributed by atoms with Gasteiger partial charge in [0.15, 0.2) is 6.10 Å². The van der Waals surface area contributed by atoms with Gasteiger partial charge in [-0.3, -0.25) is 4.79 Å². The molecule has 0 aromatic heterocycles. The van der Waals surface area contributed by atoms with Crippen LogP contribution in [0.1, 0.15) is 18.1 Å². The molecule has 1 amide bonds. The van der Waals surface area contributed by atoms with Gasteiger partial charge < -0.3 is 14.8 Å². The molecule has 1 aliphatic heterocycles. The molecule has 2 aromatic carbocycles. The third-order valence-electron chi connectivity index (χ3n) is 4.82. The third kappa shape index (κ3) is 5.31. The quantitative estimate of drug-likeness (QED) is 0.698. The number of hydrogen-bond acceptors (Lipinski definition) is 5. The number of ether oxygens (including phenoxy) is 2. The van der Waals surface area contributed by atoms with E-state index < -0.39 is 16.1 Å². The molecule has 0 saturated carbocycles. The number of morpholine rings is 1. The van der Waals surface area contributed by atoms with Gasteiger partial charge in [0.2, 0.25) is 10.0 Å². The molecular weight excluding hydrogens is 428 g/mol.